The van der Waals surface area contributed by atoms with Gasteiger partial charge in [-0.3, -0.25) is 4.79 Å². The third-order valence-electron chi connectivity index (χ3n) is 5.60. The predicted molar refractivity (Wildman–Crippen MR) is 101 cm³/mol. The summed E-state index contributed by atoms with van der Waals surface area (Å²) in [4.78, 5) is 15.0. The van der Waals surface area contributed by atoms with Crippen LogP contribution in [0.3, 0.4) is 0 Å². The van der Waals surface area contributed by atoms with Crippen LogP contribution in [0.5, 0.6) is 0 Å². The highest BCUT2D eigenvalue weighted by atomic mass is 16.5. The zero-order valence-electron chi connectivity index (χ0n) is 15.5. The Labute approximate surface area is 153 Å². The molecule has 1 aromatic heterocycles. The second-order valence-corrected chi connectivity index (χ2v) is 7.61. The first-order chi connectivity index (χ1) is 12.6. The number of hydrogen-bond acceptors (Lipinski definition) is 5. The van der Waals surface area contributed by atoms with Gasteiger partial charge in [0.2, 0.25) is 0 Å². The minimum absolute atomic E-state index is 0.0153. The summed E-state index contributed by atoms with van der Waals surface area (Å²) >= 11 is 0. The molecule has 6 heteroatoms. The largest absolute Gasteiger partial charge is 0.362 e. The molecule has 4 rings (SSSR count). The second kappa shape index (κ2) is 6.83. The Morgan fingerprint density at radius 1 is 1.23 bits per heavy atom. The number of anilines is 1. The Kier molecular flexibility index (Phi) is 4.53. The highest BCUT2D eigenvalue weighted by Gasteiger charge is 2.41. The zero-order chi connectivity index (χ0) is 18.1. The number of carbonyl (C=O) groups is 1. The fourth-order valence-corrected chi connectivity index (χ4v) is 4.05. The lowest BCUT2D eigenvalue weighted by Gasteiger charge is -2.40. The van der Waals surface area contributed by atoms with Gasteiger partial charge in [-0.25, -0.2) is 0 Å². The molecule has 6 nitrogen and oxygen atoms in total. The van der Waals surface area contributed by atoms with Crippen LogP contribution >= 0.6 is 0 Å². The fraction of sp³-hybridized carbons (Fsp3) is 0.550. The van der Waals surface area contributed by atoms with Crippen molar-refractivity contribution in [3.63, 3.8) is 0 Å². The Hall–Kier alpha value is -2.21. The van der Waals surface area contributed by atoms with Gasteiger partial charge in [-0.2, -0.15) is 5.10 Å². The van der Waals surface area contributed by atoms with Crippen LogP contribution in [0, 0.1) is 6.92 Å². The molecule has 2 aliphatic rings. The van der Waals surface area contributed by atoms with E-state index >= 15 is 0 Å². The van der Waals surface area contributed by atoms with Crippen LogP contribution < -0.4 is 10.2 Å². The number of carbonyl (C=O) groups excluding carboxylic acids is 1. The Morgan fingerprint density at radius 3 is 2.73 bits per heavy atom. The van der Waals surface area contributed by atoms with E-state index in [2.05, 4.69) is 32.5 Å². The molecule has 0 spiro atoms. The molecule has 0 unspecified atom stereocenters. The molecule has 2 aromatic rings. The molecule has 1 aliphatic carbocycles. The lowest BCUT2D eigenvalue weighted by Crippen LogP contribution is -2.59. The molecule has 138 valence electrons. The van der Waals surface area contributed by atoms with Gasteiger partial charge in [-0.05, 0) is 26.7 Å². The maximum atomic E-state index is 12.9. The van der Waals surface area contributed by atoms with Gasteiger partial charge in [0.25, 0.3) is 5.91 Å². The summed E-state index contributed by atoms with van der Waals surface area (Å²) in [6.07, 6.45) is 4.53. The van der Waals surface area contributed by atoms with Crippen LogP contribution in [0.2, 0.25) is 0 Å². The molecule has 1 atom stereocenters. The van der Waals surface area contributed by atoms with Crippen molar-refractivity contribution in [2.24, 2.45) is 0 Å². The van der Waals surface area contributed by atoms with Crippen LogP contribution in [0.4, 0.5) is 5.82 Å². The normalized spacial score (nSPS) is 24.2. The van der Waals surface area contributed by atoms with Crippen molar-refractivity contribution in [1.82, 2.24) is 15.5 Å². The molecule has 0 radical (unpaired) electrons. The highest BCUT2D eigenvalue weighted by Crippen LogP contribution is 2.29. The van der Waals surface area contributed by atoms with E-state index in [0.717, 1.165) is 35.1 Å². The standard InChI is InChI=1S/C20H26N4O2/c1-14-16-9-5-6-10-17(16)18(23-22-14)24-11-12-26-20(2,13-24)19(25)21-15-7-3-4-8-15/h5-6,9-10,15H,3-4,7-8,11-13H2,1-2H3,(H,21,25)/t20-/m1/s1. The molecule has 1 saturated heterocycles. The van der Waals surface area contributed by atoms with Crippen LogP contribution in [-0.4, -0.2) is 47.4 Å². The minimum Gasteiger partial charge on any atom is -0.362 e. The van der Waals surface area contributed by atoms with Crippen LogP contribution in [0.1, 0.15) is 38.3 Å². The van der Waals surface area contributed by atoms with Gasteiger partial charge in [0, 0.05) is 23.4 Å². The number of nitrogens with one attached hydrogen (secondary N) is 1. The zero-order valence-corrected chi connectivity index (χ0v) is 15.5. The topological polar surface area (TPSA) is 67.3 Å². The van der Waals surface area contributed by atoms with Gasteiger partial charge in [-0.1, -0.05) is 37.1 Å². The van der Waals surface area contributed by atoms with E-state index < -0.39 is 5.60 Å². The van der Waals surface area contributed by atoms with Crippen molar-refractivity contribution < 1.29 is 9.53 Å². The van der Waals surface area contributed by atoms with Gasteiger partial charge in [-0.15, -0.1) is 5.10 Å². The van der Waals surface area contributed by atoms with E-state index in [1.54, 1.807) is 0 Å². The van der Waals surface area contributed by atoms with Gasteiger partial charge >= 0.3 is 0 Å². The quantitative estimate of drug-likeness (QED) is 0.918. The van der Waals surface area contributed by atoms with Gasteiger partial charge in [0.1, 0.15) is 0 Å². The molecule has 1 amide bonds. The number of aryl methyl sites for hydroxylation is 1. The van der Waals surface area contributed by atoms with E-state index in [9.17, 15) is 4.79 Å². The van der Waals surface area contributed by atoms with Crippen LogP contribution in [0.15, 0.2) is 24.3 Å². The number of fused-ring (bicyclic) bond motifs is 1. The Morgan fingerprint density at radius 2 is 1.96 bits per heavy atom. The summed E-state index contributed by atoms with van der Waals surface area (Å²) in [5, 5.41) is 14.1. The van der Waals surface area contributed by atoms with Crippen molar-refractivity contribution in [2.45, 2.75) is 51.2 Å². The maximum absolute atomic E-state index is 12.9. The smallest absolute Gasteiger partial charge is 0.254 e. The molecule has 1 N–H and O–H groups in total. The van der Waals surface area contributed by atoms with Crippen molar-refractivity contribution in [1.29, 1.82) is 0 Å². The number of morpholine rings is 1. The number of benzene rings is 1. The summed E-state index contributed by atoms with van der Waals surface area (Å²) in [7, 11) is 0. The second-order valence-electron chi connectivity index (χ2n) is 7.61. The summed E-state index contributed by atoms with van der Waals surface area (Å²) in [6.45, 7) is 5.53. The Balaban J connectivity index is 1.59. The third-order valence-corrected chi connectivity index (χ3v) is 5.60. The first-order valence-electron chi connectivity index (χ1n) is 9.49. The monoisotopic (exact) mass is 354 g/mol. The lowest BCUT2D eigenvalue weighted by atomic mass is 10.0. The average molecular weight is 354 g/mol. The molecule has 2 heterocycles. The first-order valence-corrected chi connectivity index (χ1v) is 9.49. The number of aromatic nitrogens is 2. The molecule has 0 bridgehead atoms. The molecule has 1 aromatic carbocycles. The van der Waals surface area contributed by atoms with Crippen molar-refractivity contribution in [3.8, 4) is 0 Å². The lowest BCUT2D eigenvalue weighted by molar-refractivity contribution is -0.147. The first kappa shape index (κ1) is 17.2. The minimum atomic E-state index is -0.867. The third kappa shape index (κ3) is 3.14. The number of nitrogens with zero attached hydrogens (tertiary/aromatic N) is 3. The SMILES string of the molecule is Cc1nnc(N2CCO[C@@](C)(C(=O)NC3CCCC3)C2)c2ccccc12. The van der Waals surface area contributed by atoms with E-state index in [4.69, 9.17) is 4.74 Å². The van der Waals surface area contributed by atoms with E-state index in [0.29, 0.717) is 25.7 Å². The molecular weight excluding hydrogens is 328 g/mol. The number of rotatable bonds is 3. The van der Waals surface area contributed by atoms with Crippen molar-refractivity contribution >= 4 is 22.5 Å². The summed E-state index contributed by atoms with van der Waals surface area (Å²) in [6, 6.07) is 8.45. The predicted octanol–water partition coefficient (Wildman–Crippen LogP) is 2.59. The Bertz CT molecular complexity index is 819. The van der Waals surface area contributed by atoms with Crippen LogP contribution in [0.25, 0.3) is 10.8 Å². The average Bonchev–Trinajstić information content (AvgIpc) is 3.15. The van der Waals surface area contributed by atoms with Gasteiger partial charge in [0.15, 0.2) is 11.4 Å². The van der Waals surface area contributed by atoms with Crippen LogP contribution in [-0.2, 0) is 9.53 Å². The van der Waals surface area contributed by atoms with Gasteiger partial charge < -0.3 is 15.0 Å². The molecule has 2 fully saturated rings. The highest BCUT2D eigenvalue weighted by molar-refractivity contribution is 5.94. The van der Waals surface area contributed by atoms with Crippen molar-refractivity contribution in [3.05, 3.63) is 30.0 Å². The number of amides is 1. The van der Waals surface area contributed by atoms with E-state index in [1.165, 1.54) is 12.8 Å². The number of hydrogen-bond donors (Lipinski definition) is 1. The summed E-state index contributed by atoms with van der Waals surface area (Å²) < 4.78 is 5.92. The van der Waals surface area contributed by atoms with E-state index in [-0.39, 0.29) is 5.91 Å². The maximum Gasteiger partial charge on any atom is 0.254 e. The fourth-order valence-electron chi connectivity index (χ4n) is 4.05. The van der Waals surface area contributed by atoms with Gasteiger partial charge in [0.05, 0.1) is 18.8 Å². The van der Waals surface area contributed by atoms with E-state index in [1.807, 2.05) is 26.0 Å². The summed E-state index contributed by atoms with van der Waals surface area (Å²) in [5.41, 5.74) is 0.0495. The molecule has 1 saturated carbocycles. The molecule has 26 heavy (non-hydrogen) atoms. The molecule has 1 aliphatic heterocycles. The van der Waals surface area contributed by atoms with Crippen molar-refractivity contribution in [2.75, 3.05) is 24.6 Å². The number of ether oxygens (including phenoxy) is 1. The molecular formula is C20H26N4O2. The summed E-state index contributed by atoms with van der Waals surface area (Å²) in [5.74, 6) is 0.813.